The van der Waals surface area contributed by atoms with Gasteiger partial charge in [-0.15, -0.1) is 0 Å². The van der Waals surface area contributed by atoms with Crippen molar-refractivity contribution in [3.63, 3.8) is 0 Å². The van der Waals surface area contributed by atoms with Crippen LogP contribution in [0.3, 0.4) is 0 Å². The highest BCUT2D eigenvalue weighted by Gasteiger charge is 2.40. The number of hydrogen-bond acceptors (Lipinski definition) is 4. The highest BCUT2D eigenvalue weighted by molar-refractivity contribution is 8.05. The molecule has 1 atom stereocenters. The van der Waals surface area contributed by atoms with Gasteiger partial charge in [0.25, 0.3) is 5.91 Å². The molecular weight excluding hydrogens is 394 g/mol. The van der Waals surface area contributed by atoms with Crippen LogP contribution in [0.5, 0.6) is 0 Å². The number of anilines is 1. The van der Waals surface area contributed by atoms with Gasteiger partial charge in [-0.2, -0.15) is 5.26 Å². The van der Waals surface area contributed by atoms with E-state index < -0.39 is 11.2 Å². The Labute approximate surface area is 173 Å². The number of nitriles is 1. The highest BCUT2D eigenvalue weighted by atomic mass is 35.5. The van der Waals surface area contributed by atoms with Crippen LogP contribution < -0.4 is 10.2 Å². The number of likely N-dealkylation sites (N-methyl/N-ethyl adjacent to an activating group) is 1. The summed E-state index contributed by atoms with van der Waals surface area (Å²) in [6, 6.07) is 16.7. The second kappa shape index (κ2) is 8.51. The molecule has 2 amide bonds. The van der Waals surface area contributed by atoms with Gasteiger partial charge in [-0.1, -0.05) is 53.7 Å². The standard InChI is InChI=1S/C21H18ClN3O2S/c1-13-8-9-14(10-17(13)22)11-18-20(27)25(15-6-4-3-5-7-15)21(28-18)16(12-23)19(26)24-2/h3-10,18H,11H2,1-2H3,(H,24,26)/b21-16-. The van der Waals surface area contributed by atoms with Crippen LogP contribution in [0.25, 0.3) is 0 Å². The summed E-state index contributed by atoms with van der Waals surface area (Å²) in [5.41, 5.74) is 2.44. The van der Waals surface area contributed by atoms with Crippen molar-refractivity contribution in [1.82, 2.24) is 5.32 Å². The van der Waals surface area contributed by atoms with Crippen LogP contribution in [0.2, 0.25) is 5.02 Å². The molecule has 0 bridgehead atoms. The molecule has 5 nitrogen and oxygen atoms in total. The predicted molar refractivity (Wildman–Crippen MR) is 112 cm³/mol. The quantitative estimate of drug-likeness (QED) is 0.613. The van der Waals surface area contributed by atoms with Crippen LogP contribution in [-0.4, -0.2) is 24.1 Å². The Morgan fingerprint density at radius 3 is 2.61 bits per heavy atom. The Hall–Kier alpha value is -2.75. The van der Waals surface area contributed by atoms with E-state index in [1.165, 1.54) is 23.7 Å². The molecule has 3 rings (SSSR count). The number of carbonyl (C=O) groups is 2. The first-order valence-corrected chi connectivity index (χ1v) is 9.89. The number of nitrogens with one attached hydrogen (secondary N) is 1. The molecule has 1 heterocycles. The van der Waals surface area contributed by atoms with Crippen LogP contribution in [-0.2, 0) is 16.0 Å². The Bertz CT molecular complexity index is 998. The van der Waals surface area contributed by atoms with Crippen molar-refractivity contribution in [3.8, 4) is 6.07 Å². The molecule has 0 radical (unpaired) electrons. The maximum atomic E-state index is 13.2. The van der Waals surface area contributed by atoms with Crippen molar-refractivity contribution >= 4 is 40.9 Å². The van der Waals surface area contributed by atoms with E-state index in [9.17, 15) is 14.9 Å². The molecule has 2 aromatic rings. The maximum Gasteiger partial charge on any atom is 0.264 e. The van der Waals surface area contributed by atoms with E-state index in [0.717, 1.165) is 11.1 Å². The van der Waals surface area contributed by atoms with Crippen molar-refractivity contribution in [2.45, 2.75) is 18.6 Å². The third kappa shape index (κ3) is 3.91. The van der Waals surface area contributed by atoms with Crippen molar-refractivity contribution in [1.29, 1.82) is 5.26 Å². The Morgan fingerprint density at radius 1 is 1.29 bits per heavy atom. The summed E-state index contributed by atoms with van der Waals surface area (Å²) >= 11 is 7.45. The zero-order valence-electron chi connectivity index (χ0n) is 15.4. The van der Waals surface area contributed by atoms with Crippen molar-refractivity contribution < 1.29 is 9.59 Å². The Kier molecular flexibility index (Phi) is 6.08. The Balaban J connectivity index is 2.02. The molecule has 7 heteroatoms. The Morgan fingerprint density at radius 2 is 2.00 bits per heavy atom. The average molecular weight is 412 g/mol. The van der Waals surface area contributed by atoms with Crippen LogP contribution in [0.4, 0.5) is 5.69 Å². The van der Waals surface area contributed by atoms with Gasteiger partial charge in [0.1, 0.15) is 16.7 Å². The fourth-order valence-electron chi connectivity index (χ4n) is 2.90. The molecule has 1 aliphatic rings. The topological polar surface area (TPSA) is 73.2 Å². The molecule has 0 spiro atoms. The number of thioether (sulfide) groups is 1. The molecule has 1 saturated heterocycles. The molecule has 2 aromatic carbocycles. The maximum absolute atomic E-state index is 13.2. The number of benzene rings is 2. The number of hydrogen-bond donors (Lipinski definition) is 1. The van der Waals surface area contributed by atoms with E-state index in [-0.39, 0.29) is 11.5 Å². The van der Waals surface area contributed by atoms with Crippen LogP contribution >= 0.6 is 23.4 Å². The van der Waals surface area contributed by atoms with Gasteiger partial charge in [0, 0.05) is 17.8 Å². The predicted octanol–water partition coefficient (Wildman–Crippen LogP) is 3.82. The lowest BCUT2D eigenvalue weighted by Gasteiger charge is -2.18. The van der Waals surface area contributed by atoms with Gasteiger partial charge in [-0.3, -0.25) is 14.5 Å². The molecule has 0 aliphatic carbocycles. The van der Waals surface area contributed by atoms with Crippen molar-refractivity contribution in [2.24, 2.45) is 0 Å². The number of carbonyl (C=O) groups excluding carboxylic acids is 2. The number of para-hydroxylation sites is 1. The van der Waals surface area contributed by atoms with Crippen LogP contribution in [0.15, 0.2) is 59.1 Å². The van der Waals surface area contributed by atoms with Crippen LogP contribution in [0.1, 0.15) is 11.1 Å². The van der Waals surface area contributed by atoms with E-state index >= 15 is 0 Å². The van der Waals surface area contributed by atoms with Crippen molar-refractivity contribution in [3.05, 3.63) is 75.3 Å². The highest BCUT2D eigenvalue weighted by Crippen LogP contribution is 2.42. The smallest absolute Gasteiger partial charge is 0.264 e. The number of rotatable bonds is 4. The lowest BCUT2D eigenvalue weighted by Crippen LogP contribution is -2.31. The lowest BCUT2D eigenvalue weighted by atomic mass is 10.1. The first-order valence-electron chi connectivity index (χ1n) is 8.63. The number of halogens is 1. The van der Waals surface area contributed by atoms with Crippen LogP contribution in [0, 0.1) is 18.3 Å². The minimum atomic E-state index is -0.516. The average Bonchev–Trinajstić information content (AvgIpc) is 3.01. The molecule has 1 N–H and O–H groups in total. The summed E-state index contributed by atoms with van der Waals surface area (Å²) in [6.07, 6.45) is 0.447. The zero-order chi connectivity index (χ0) is 20.3. The van der Waals surface area contributed by atoms with E-state index in [2.05, 4.69) is 5.32 Å². The van der Waals surface area contributed by atoms with E-state index in [1.54, 1.807) is 12.1 Å². The van der Waals surface area contributed by atoms with Gasteiger partial charge in [0.05, 0.1) is 5.25 Å². The first-order chi connectivity index (χ1) is 13.5. The van der Waals surface area contributed by atoms with Crippen molar-refractivity contribution in [2.75, 3.05) is 11.9 Å². The third-order valence-corrected chi connectivity index (χ3v) is 6.07. The fraction of sp³-hybridized carbons (Fsp3) is 0.190. The molecule has 0 aromatic heterocycles. The molecule has 1 aliphatic heterocycles. The van der Waals surface area contributed by atoms with Gasteiger partial charge < -0.3 is 5.32 Å². The lowest BCUT2D eigenvalue weighted by molar-refractivity contribution is -0.117. The monoisotopic (exact) mass is 411 g/mol. The molecule has 0 saturated carbocycles. The minimum Gasteiger partial charge on any atom is -0.354 e. The second-order valence-electron chi connectivity index (χ2n) is 6.27. The normalized spacial score (nSPS) is 18.0. The summed E-state index contributed by atoms with van der Waals surface area (Å²) in [7, 11) is 1.46. The second-order valence-corrected chi connectivity index (χ2v) is 7.87. The number of aryl methyl sites for hydroxylation is 1. The molecule has 1 unspecified atom stereocenters. The third-order valence-electron chi connectivity index (χ3n) is 4.40. The first kappa shape index (κ1) is 20.0. The summed E-state index contributed by atoms with van der Waals surface area (Å²) in [5, 5.41) is 12.6. The van der Waals surface area contributed by atoms with Gasteiger partial charge in [0.2, 0.25) is 5.91 Å². The molecule has 1 fully saturated rings. The SMILES string of the molecule is CNC(=O)/C(C#N)=C1\SC(Cc2ccc(C)c(Cl)c2)C(=O)N1c1ccccc1. The van der Waals surface area contributed by atoms with Gasteiger partial charge in [0.15, 0.2) is 0 Å². The van der Waals surface area contributed by atoms with E-state index in [4.69, 9.17) is 11.6 Å². The summed E-state index contributed by atoms with van der Waals surface area (Å²) in [4.78, 5) is 26.9. The summed E-state index contributed by atoms with van der Waals surface area (Å²) < 4.78 is 0. The van der Waals surface area contributed by atoms with Gasteiger partial charge in [-0.25, -0.2) is 0 Å². The summed E-state index contributed by atoms with van der Waals surface area (Å²) in [5.74, 6) is -0.683. The molecule has 142 valence electrons. The van der Waals surface area contributed by atoms with Gasteiger partial charge in [-0.05, 0) is 42.7 Å². The zero-order valence-corrected chi connectivity index (χ0v) is 17.0. The number of nitrogens with zero attached hydrogens (tertiary/aromatic N) is 2. The molecule has 28 heavy (non-hydrogen) atoms. The minimum absolute atomic E-state index is 0.0749. The fourth-order valence-corrected chi connectivity index (χ4v) is 4.41. The van der Waals surface area contributed by atoms with Gasteiger partial charge >= 0.3 is 0 Å². The summed E-state index contributed by atoms with van der Waals surface area (Å²) in [6.45, 7) is 1.92. The molecular formula is C21H18ClN3O2S. The largest absolute Gasteiger partial charge is 0.354 e. The van der Waals surface area contributed by atoms with E-state index in [0.29, 0.717) is 22.2 Å². The van der Waals surface area contributed by atoms with E-state index in [1.807, 2.05) is 49.4 Å². The number of amides is 2.